The molecule has 0 spiro atoms. The van der Waals surface area contributed by atoms with Gasteiger partial charge in [0.25, 0.3) is 0 Å². The molecule has 0 atom stereocenters. The van der Waals surface area contributed by atoms with Gasteiger partial charge in [0.05, 0.1) is 12.3 Å². The Balaban J connectivity index is 1.96. The first-order valence-electron chi connectivity index (χ1n) is 8.60. The van der Waals surface area contributed by atoms with Crippen molar-refractivity contribution in [3.05, 3.63) is 23.8 Å². The van der Waals surface area contributed by atoms with E-state index >= 15 is 0 Å². The number of rotatable bonds is 6. The fraction of sp³-hybridized carbons (Fsp3) is 0.684. The molecule has 2 nitrogen and oxygen atoms in total. The predicted octanol–water partition coefficient (Wildman–Crippen LogP) is 5.41. The molecule has 0 heterocycles. The van der Waals surface area contributed by atoms with Gasteiger partial charge in [0.15, 0.2) is 0 Å². The Labute approximate surface area is 130 Å². The lowest BCUT2D eigenvalue weighted by molar-refractivity contribution is 0.266. The van der Waals surface area contributed by atoms with Gasteiger partial charge in [-0.05, 0) is 68.6 Å². The number of ether oxygens (including phenoxy) is 1. The Hall–Kier alpha value is -1.18. The smallest absolute Gasteiger partial charge is 0.142 e. The van der Waals surface area contributed by atoms with Crippen LogP contribution in [0.1, 0.15) is 58.4 Å². The molecule has 1 saturated carbocycles. The van der Waals surface area contributed by atoms with E-state index in [0.717, 1.165) is 30.6 Å². The summed E-state index contributed by atoms with van der Waals surface area (Å²) in [4.78, 5) is 0. The van der Waals surface area contributed by atoms with Crippen LogP contribution in [0.25, 0.3) is 0 Å². The van der Waals surface area contributed by atoms with E-state index in [-0.39, 0.29) is 0 Å². The van der Waals surface area contributed by atoms with E-state index in [1.807, 2.05) is 0 Å². The molecule has 2 rings (SSSR count). The summed E-state index contributed by atoms with van der Waals surface area (Å²) in [6.45, 7) is 9.77. The van der Waals surface area contributed by atoms with Crippen LogP contribution in [0.5, 0.6) is 5.75 Å². The fourth-order valence-electron chi connectivity index (χ4n) is 3.23. The minimum absolute atomic E-state index is 0.603. The number of hydrogen-bond donors (Lipinski definition) is 1. The van der Waals surface area contributed by atoms with Gasteiger partial charge in [0, 0.05) is 6.04 Å². The second kappa shape index (κ2) is 7.72. The van der Waals surface area contributed by atoms with Crippen LogP contribution in [0.4, 0.5) is 5.69 Å². The molecule has 0 aliphatic heterocycles. The lowest BCUT2D eigenvalue weighted by atomic mass is 9.79. The van der Waals surface area contributed by atoms with Crippen molar-refractivity contribution in [1.29, 1.82) is 0 Å². The van der Waals surface area contributed by atoms with Crippen molar-refractivity contribution in [2.24, 2.45) is 11.8 Å². The average Bonchev–Trinajstić information content (AvgIpc) is 2.48. The maximum Gasteiger partial charge on any atom is 0.142 e. The van der Waals surface area contributed by atoms with Crippen molar-refractivity contribution in [2.75, 3.05) is 11.9 Å². The number of hydrogen-bond acceptors (Lipinski definition) is 2. The molecule has 118 valence electrons. The standard InChI is InChI=1S/C19H31NO/c1-5-12-21-19-13-15(4)6-11-18(19)20-17-9-7-16(8-10-17)14(2)3/h6,11,13-14,16-17,20H,5,7-10,12H2,1-4H3. The Morgan fingerprint density at radius 1 is 1.19 bits per heavy atom. The summed E-state index contributed by atoms with van der Waals surface area (Å²) in [5.41, 5.74) is 2.43. The van der Waals surface area contributed by atoms with Crippen molar-refractivity contribution < 1.29 is 4.74 Å². The van der Waals surface area contributed by atoms with Crippen LogP contribution in [-0.2, 0) is 0 Å². The quantitative estimate of drug-likeness (QED) is 0.756. The van der Waals surface area contributed by atoms with Crippen molar-refractivity contribution in [2.45, 2.75) is 65.8 Å². The van der Waals surface area contributed by atoms with Crippen LogP contribution < -0.4 is 10.1 Å². The molecule has 0 radical (unpaired) electrons. The highest BCUT2D eigenvalue weighted by Gasteiger charge is 2.23. The van der Waals surface area contributed by atoms with Crippen LogP contribution in [0, 0.1) is 18.8 Å². The summed E-state index contributed by atoms with van der Waals surface area (Å²) in [6.07, 6.45) is 6.32. The molecule has 0 saturated heterocycles. The lowest BCUT2D eigenvalue weighted by Crippen LogP contribution is -2.28. The van der Waals surface area contributed by atoms with E-state index in [0.29, 0.717) is 6.04 Å². The highest BCUT2D eigenvalue weighted by Crippen LogP contribution is 2.33. The Morgan fingerprint density at radius 3 is 2.52 bits per heavy atom. The van der Waals surface area contributed by atoms with Gasteiger partial charge >= 0.3 is 0 Å². The average molecular weight is 289 g/mol. The Morgan fingerprint density at radius 2 is 1.90 bits per heavy atom. The molecule has 1 N–H and O–H groups in total. The SMILES string of the molecule is CCCOc1cc(C)ccc1NC1CCC(C(C)C)CC1. The van der Waals surface area contributed by atoms with Gasteiger partial charge in [0.2, 0.25) is 0 Å². The monoisotopic (exact) mass is 289 g/mol. The van der Waals surface area contributed by atoms with Gasteiger partial charge in [0.1, 0.15) is 5.75 Å². The van der Waals surface area contributed by atoms with E-state index < -0.39 is 0 Å². The minimum atomic E-state index is 0.603. The zero-order chi connectivity index (χ0) is 15.2. The zero-order valence-electron chi connectivity index (χ0n) is 14.1. The fourth-order valence-corrected chi connectivity index (χ4v) is 3.23. The van der Waals surface area contributed by atoms with Gasteiger partial charge in [-0.3, -0.25) is 0 Å². The molecule has 1 fully saturated rings. The highest BCUT2D eigenvalue weighted by molar-refractivity contribution is 5.58. The first kappa shape index (κ1) is 16.2. The van der Waals surface area contributed by atoms with Gasteiger partial charge in [-0.1, -0.05) is 26.8 Å². The van der Waals surface area contributed by atoms with Crippen LogP contribution in [0.2, 0.25) is 0 Å². The summed E-state index contributed by atoms with van der Waals surface area (Å²) in [5.74, 6) is 2.76. The van der Waals surface area contributed by atoms with Crippen LogP contribution >= 0.6 is 0 Å². The maximum atomic E-state index is 5.91. The zero-order valence-corrected chi connectivity index (χ0v) is 14.1. The van der Waals surface area contributed by atoms with Crippen molar-refractivity contribution in [3.63, 3.8) is 0 Å². The Bertz CT molecular complexity index is 433. The molecule has 1 aliphatic rings. The molecule has 0 amide bonds. The third-order valence-corrected chi connectivity index (χ3v) is 4.67. The van der Waals surface area contributed by atoms with Crippen LogP contribution in [-0.4, -0.2) is 12.6 Å². The van der Waals surface area contributed by atoms with Gasteiger partial charge in [-0.15, -0.1) is 0 Å². The van der Waals surface area contributed by atoms with Crippen molar-refractivity contribution in [3.8, 4) is 5.75 Å². The molecule has 1 aromatic rings. The topological polar surface area (TPSA) is 21.3 Å². The van der Waals surface area contributed by atoms with E-state index in [1.54, 1.807) is 0 Å². The Kier molecular flexibility index (Phi) is 5.96. The van der Waals surface area contributed by atoms with E-state index in [2.05, 4.69) is 51.2 Å². The first-order chi connectivity index (χ1) is 10.1. The van der Waals surface area contributed by atoms with E-state index in [4.69, 9.17) is 4.74 Å². The predicted molar refractivity (Wildman–Crippen MR) is 91.2 cm³/mol. The molecule has 2 heteroatoms. The summed E-state index contributed by atoms with van der Waals surface area (Å²) >= 11 is 0. The molecule has 0 aromatic heterocycles. The third kappa shape index (κ3) is 4.66. The van der Waals surface area contributed by atoms with Gasteiger partial charge in [-0.2, -0.15) is 0 Å². The summed E-state index contributed by atoms with van der Waals surface area (Å²) in [6, 6.07) is 7.10. The largest absolute Gasteiger partial charge is 0.491 e. The summed E-state index contributed by atoms with van der Waals surface area (Å²) in [5, 5.41) is 3.72. The normalized spacial score (nSPS) is 22.3. The van der Waals surface area contributed by atoms with E-state index in [9.17, 15) is 0 Å². The molecule has 1 aromatic carbocycles. The van der Waals surface area contributed by atoms with Crippen molar-refractivity contribution in [1.82, 2.24) is 0 Å². The molecular formula is C19H31NO. The minimum Gasteiger partial charge on any atom is -0.491 e. The molecule has 1 aliphatic carbocycles. The van der Waals surface area contributed by atoms with Gasteiger partial charge < -0.3 is 10.1 Å². The first-order valence-corrected chi connectivity index (χ1v) is 8.60. The molecule has 21 heavy (non-hydrogen) atoms. The third-order valence-electron chi connectivity index (χ3n) is 4.67. The summed E-state index contributed by atoms with van der Waals surface area (Å²) < 4.78 is 5.91. The highest BCUT2D eigenvalue weighted by atomic mass is 16.5. The molecule has 0 bridgehead atoms. The number of nitrogens with one attached hydrogen (secondary N) is 1. The number of benzene rings is 1. The van der Waals surface area contributed by atoms with Gasteiger partial charge in [-0.25, -0.2) is 0 Å². The second-order valence-electron chi connectivity index (χ2n) is 6.85. The van der Waals surface area contributed by atoms with E-state index in [1.165, 1.54) is 36.9 Å². The van der Waals surface area contributed by atoms with Crippen LogP contribution in [0.3, 0.4) is 0 Å². The summed E-state index contributed by atoms with van der Waals surface area (Å²) in [7, 11) is 0. The van der Waals surface area contributed by atoms with Crippen LogP contribution in [0.15, 0.2) is 18.2 Å². The molecular weight excluding hydrogens is 258 g/mol. The number of anilines is 1. The lowest BCUT2D eigenvalue weighted by Gasteiger charge is -2.32. The maximum absolute atomic E-state index is 5.91. The molecule has 0 unspecified atom stereocenters. The number of aryl methyl sites for hydroxylation is 1. The van der Waals surface area contributed by atoms with Crippen molar-refractivity contribution >= 4 is 5.69 Å². The second-order valence-corrected chi connectivity index (χ2v) is 6.85.